The number of nitrogens with one attached hydrogen (secondary N) is 1. The molecule has 0 saturated carbocycles. The van der Waals surface area contributed by atoms with E-state index in [9.17, 15) is 5.11 Å². The van der Waals surface area contributed by atoms with Crippen molar-refractivity contribution in [2.24, 2.45) is 0 Å². The minimum Gasteiger partial charge on any atom is -0.394 e. The smallest absolute Gasteiger partial charge is 0.0611 e. The van der Waals surface area contributed by atoms with Crippen molar-refractivity contribution in [3.05, 3.63) is 0 Å². The molecule has 2 atom stereocenters. The molecule has 128 valence electrons. The maximum atomic E-state index is 9.64. The molecule has 4 heteroatoms. The summed E-state index contributed by atoms with van der Waals surface area (Å²) < 4.78 is 0. The lowest BCUT2D eigenvalue weighted by Crippen LogP contribution is -2.50. The maximum Gasteiger partial charge on any atom is 0.0611 e. The van der Waals surface area contributed by atoms with Crippen molar-refractivity contribution in [1.82, 2.24) is 15.1 Å². The van der Waals surface area contributed by atoms with Crippen molar-refractivity contribution in [2.75, 3.05) is 45.9 Å². The molecule has 0 aromatic rings. The summed E-state index contributed by atoms with van der Waals surface area (Å²) in [6, 6.07) is 0.489. The number of likely N-dealkylation sites (N-methyl/N-ethyl adjacent to an activating group) is 1. The number of nitrogens with zero attached hydrogens (tertiary/aromatic N) is 2. The Morgan fingerprint density at radius 1 is 1.05 bits per heavy atom. The maximum absolute atomic E-state index is 9.64. The second kappa shape index (κ2) is 11.4. The van der Waals surface area contributed by atoms with Crippen molar-refractivity contribution < 1.29 is 5.11 Å². The van der Waals surface area contributed by atoms with Crippen LogP contribution in [0.5, 0.6) is 0 Å². The van der Waals surface area contributed by atoms with E-state index >= 15 is 0 Å². The van der Waals surface area contributed by atoms with E-state index in [1.165, 1.54) is 13.0 Å². The molecule has 0 aliphatic heterocycles. The van der Waals surface area contributed by atoms with Gasteiger partial charge in [-0.3, -0.25) is 0 Å². The fourth-order valence-electron chi connectivity index (χ4n) is 3.13. The topological polar surface area (TPSA) is 38.7 Å². The van der Waals surface area contributed by atoms with Crippen LogP contribution in [0.3, 0.4) is 0 Å². The third-order valence-corrected chi connectivity index (χ3v) is 4.54. The normalized spacial score (nSPS) is 16.4. The summed E-state index contributed by atoms with van der Waals surface area (Å²) in [5, 5.41) is 13.1. The minimum atomic E-state index is -0.166. The number of aliphatic hydroxyl groups is 1. The standard InChI is InChI=1S/C17H39N3O/c1-7-18-17(6,15-21)14-16(5)20(10-4)13-11-12-19(8-2)9-3/h16,18,21H,7-15H2,1-6H3. The van der Waals surface area contributed by atoms with Crippen molar-refractivity contribution in [2.45, 2.75) is 66.0 Å². The van der Waals surface area contributed by atoms with Crippen molar-refractivity contribution in [1.29, 1.82) is 0 Å². The summed E-state index contributed by atoms with van der Waals surface area (Å²) in [6.45, 7) is 20.0. The van der Waals surface area contributed by atoms with Crippen LogP contribution in [-0.2, 0) is 0 Å². The fourth-order valence-corrected chi connectivity index (χ4v) is 3.13. The van der Waals surface area contributed by atoms with Crippen LogP contribution in [0.2, 0.25) is 0 Å². The first kappa shape index (κ1) is 20.8. The van der Waals surface area contributed by atoms with Gasteiger partial charge in [0.1, 0.15) is 0 Å². The zero-order valence-corrected chi connectivity index (χ0v) is 15.3. The number of aliphatic hydroxyl groups excluding tert-OH is 1. The molecule has 0 fully saturated rings. The molecule has 2 unspecified atom stereocenters. The second-order valence-electron chi connectivity index (χ2n) is 6.31. The highest BCUT2D eigenvalue weighted by molar-refractivity contribution is 4.86. The molecule has 0 rings (SSSR count). The van der Waals surface area contributed by atoms with Gasteiger partial charge in [0.25, 0.3) is 0 Å². The summed E-state index contributed by atoms with van der Waals surface area (Å²) in [4.78, 5) is 5.02. The van der Waals surface area contributed by atoms with E-state index in [0.717, 1.165) is 39.1 Å². The summed E-state index contributed by atoms with van der Waals surface area (Å²) >= 11 is 0. The van der Waals surface area contributed by atoms with E-state index in [-0.39, 0.29) is 12.1 Å². The lowest BCUT2D eigenvalue weighted by Gasteiger charge is -2.36. The lowest BCUT2D eigenvalue weighted by molar-refractivity contribution is 0.115. The first-order chi connectivity index (χ1) is 9.96. The van der Waals surface area contributed by atoms with Crippen LogP contribution in [0.1, 0.15) is 54.4 Å². The summed E-state index contributed by atoms with van der Waals surface area (Å²) in [5.74, 6) is 0. The van der Waals surface area contributed by atoms with Gasteiger partial charge in [-0.25, -0.2) is 0 Å². The minimum absolute atomic E-state index is 0.166. The Hall–Kier alpha value is -0.160. The van der Waals surface area contributed by atoms with Gasteiger partial charge in [0, 0.05) is 11.6 Å². The third-order valence-electron chi connectivity index (χ3n) is 4.54. The van der Waals surface area contributed by atoms with Gasteiger partial charge >= 0.3 is 0 Å². The molecule has 0 saturated heterocycles. The van der Waals surface area contributed by atoms with Crippen molar-refractivity contribution in [3.8, 4) is 0 Å². The Morgan fingerprint density at radius 3 is 2.10 bits per heavy atom. The predicted molar refractivity (Wildman–Crippen MR) is 92.9 cm³/mol. The second-order valence-corrected chi connectivity index (χ2v) is 6.31. The molecule has 0 amide bonds. The van der Waals surface area contributed by atoms with Crippen LogP contribution < -0.4 is 5.32 Å². The molecular weight excluding hydrogens is 262 g/mol. The number of rotatable bonds is 13. The highest BCUT2D eigenvalue weighted by atomic mass is 16.3. The van der Waals surface area contributed by atoms with Gasteiger partial charge in [0.05, 0.1) is 6.61 Å². The van der Waals surface area contributed by atoms with Crippen LogP contribution in [0.15, 0.2) is 0 Å². The molecule has 21 heavy (non-hydrogen) atoms. The average Bonchev–Trinajstić information content (AvgIpc) is 2.47. The van der Waals surface area contributed by atoms with Gasteiger partial charge < -0.3 is 20.2 Å². The number of hydrogen-bond acceptors (Lipinski definition) is 4. The molecule has 0 spiro atoms. The molecule has 0 aromatic carbocycles. The van der Waals surface area contributed by atoms with Crippen LogP contribution in [-0.4, -0.2) is 72.4 Å². The highest BCUT2D eigenvalue weighted by Crippen LogP contribution is 2.16. The molecule has 0 aromatic heterocycles. The van der Waals surface area contributed by atoms with E-state index < -0.39 is 0 Å². The van der Waals surface area contributed by atoms with Gasteiger partial charge in [-0.05, 0) is 66.0 Å². The fraction of sp³-hybridized carbons (Fsp3) is 1.00. The van der Waals surface area contributed by atoms with Crippen molar-refractivity contribution in [3.63, 3.8) is 0 Å². The largest absolute Gasteiger partial charge is 0.394 e. The van der Waals surface area contributed by atoms with Gasteiger partial charge in [0.15, 0.2) is 0 Å². The van der Waals surface area contributed by atoms with E-state index in [0.29, 0.717) is 6.04 Å². The Morgan fingerprint density at radius 2 is 1.67 bits per heavy atom. The molecule has 0 bridgehead atoms. The summed E-state index contributed by atoms with van der Waals surface area (Å²) in [7, 11) is 0. The van der Waals surface area contributed by atoms with Crippen LogP contribution in [0, 0.1) is 0 Å². The Bertz CT molecular complexity index is 246. The van der Waals surface area contributed by atoms with Gasteiger partial charge in [-0.1, -0.05) is 27.7 Å². The van der Waals surface area contributed by atoms with E-state index in [4.69, 9.17) is 0 Å². The third kappa shape index (κ3) is 8.15. The highest BCUT2D eigenvalue weighted by Gasteiger charge is 2.26. The van der Waals surface area contributed by atoms with Crippen molar-refractivity contribution >= 4 is 0 Å². The van der Waals surface area contributed by atoms with Crippen LogP contribution >= 0.6 is 0 Å². The molecule has 0 aliphatic rings. The average molecular weight is 302 g/mol. The zero-order valence-electron chi connectivity index (χ0n) is 15.3. The SMILES string of the molecule is CCNC(C)(CO)CC(C)N(CC)CCCN(CC)CC. The molecule has 0 aliphatic carbocycles. The summed E-state index contributed by atoms with van der Waals surface area (Å²) in [5.41, 5.74) is -0.166. The Balaban J connectivity index is 4.31. The molecule has 4 nitrogen and oxygen atoms in total. The first-order valence-electron chi connectivity index (χ1n) is 8.78. The van der Waals surface area contributed by atoms with Gasteiger partial charge in [-0.2, -0.15) is 0 Å². The molecule has 0 heterocycles. The van der Waals surface area contributed by atoms with E-state index in [1.54, 1.807) is 0 Å². The quantitative estimate of drug-likeness (QED) is 0.547. The molecule has 2 N–H and O–H groups in total. The van der Waals surface area contributed by atoms with Crippen LogP contribution in [0.4, 0.5) is 0 Å². The van der Waals surface area contributed by atoms with Crippen LogP contribution in [0.25, 0.3) is 0 Å². The van der Waals surface area contributed by atoms with E-state index in [2.05, 4.69) is 56.7 Å². The van der Waals surface area contributed by atoms with Gasteiger partial charge in [-0.15, -0.1) is 0 Å². The van der Waals surface area contributed by atoms with E-state index in [1.807, 2.05) is 0 Å². The predicted octanol–water partition coefficient (Wildman–Crippen LogP) is 2.18. The number of hydrogen-bond donors (Lipinski definition) is 2. The summed E-state index contributed by atoms with van der Waals surface area (Å²) in [6.07, 6.45) is 2.20. The molecule has 0 radical (unpaired) electrons. The zero-order chi connectivity index (χ0) is 16.3. The Kier molecular flexibility index (Phi) is 11.3. The lowest BCUT2D eigenvalue weighted by atomic mass is 9.93. The Labute approximate surface area is 132 Å². The van der Waals surface area contributed by atoms with Gasteiger partial charge in [0.2, 0.25) is 0 Å². The first-order valence-corrected chi connectivity index (χ1v) is 8.78. The molecular formula is C17H39N3O. The monoisotopic (exact) mass is 301 g/mol.